The van der Waals surface area contributed by atoms with Crippen molar-refractivity contribution in [3.8, 4) is 16.8 Å². The Morgan fingerprint density at radius 1 is 0.490 bits per heavy atom. The van der Waals surface area contributed by atoms with Crippen molar-refractivity contribution in [3.63, 3.8) is 0 Å². The van der Waals surface area contributed by atoms with Crippen molar-refractivity contribution in [1.29, 1.82) is 0 Å². The molecule has 49 heavy (non-hydrogen) atoms. The lowest BCUT2D eigenvalue weighted by Crippen LogP contribution is -2.11. The maximum absolute atomic E-state index is 10.3. The summed E-state index contributed by atoms with van der Waals surface area (Å²) >= 11 is 0. The standard InChI is InChI=1S/C46H30N2O/c1-3-13-31(14-4-1)32-23-25-34(26-24-32)47(35-27-28-38-37-18-10-12-22-44(37)49-45(38)29-35)42-30-43-46(39-19-8-7-17-36(39)42)40-20-9-11-21-41(40)48(43)33-15-5-2-6-16-33/h1-30H/i7D,8D,9D,11D,17D,19D,20D,21D,30D. The molecule has 3 heteroatoms. The van der Waals surface area contributed by atoms with E-state index in [9.17, 15) is 6.85 Å². The number of hydrogen-bond donors (Lipinski definition) is 0. The molecular formula is C46H30N2O. The molecule has 0 amide bonds. The fraction of sp³-hybridized carbons (Fsp3) is 0. The summed E-state index contributed by atoms with van der Waals surface area (Å²) in [5.41, 5.74) is 5.24. The van der Waals surface area contributed by atoms with Crippen LogP contribution in [-0.4, -0.2) is 4.57 Å². The number of benzene rings is 8. The van der Waals surface area contributed by atoms with E-state index in [-0.39, 0.29) is 56.4 Å². The molecule has 0 aliphatic rings. The molecule has 0 N–H and O–H groups in total. The van der Waals surface area contributed by atoms with Gasteiger partial charge in [-0.15, -0.1) is 0 Å². The van der Waals surface area contributed by atoms with Gasteiger partial charge in [0.1, 0.15) is 11.2 Å². The first kappa shape index (κ1) is 19.9. The molecule has 0 fully saturated rings. The van der Waals surface area contributed by atoms with Gasteiger partial charge in [0.25, 0.3) is 0 Å². The molecule has 0 radical (unpaired) electrons. The van der Waals surface area contributed by atoms with Crippen LogP contribution in [0.3, 0.4) is 0 Å². The highest BCUT2D eigenvalue weighted by atomic mass is 16.3. The number of nitrogens with zero attached hydrogens (tertiary/aromatic N) is 2. The van der Waals surface area contributed by atoms with Crippen molar-refractivity contribution in [2.24, 2.45) is 0 Å². The predicted molar refractivity (Wildman–Crippen MR) is 206 cm³/mol. The average molecular weight is 636 g/mol. The van der Waals surface area contributed by atoms with Crippen LogP contribution in [0.1, 0.15) is 12.3 Å². The molecule has 0 aliphatic heterocycles. The number of rotatable bonds is 5. The van der Waals surface area contributed by atoms with E-state index in [1.807, 2.05) is 103 Å². The summed E-state index contributed by atoms with van der Waals surface area (Å²) in [6.45, 7) is 0. The molecular weight excluding hydrogens is 597 g/mol. The van der Waals surface area contributed by atoms with Gasteiger partial charge in [-0.1, -0.05) is 121 Å². The highest BCUT2D eigenvalue weighted by Crippen LogP contribution is 2.46. The van der Waals surface area contributed by atoms with Crippen LogP contribution < -0.4 is 4.90 Å². The molecule has 0 saturated heterocycles. The average Bonchev–Trinajstić information content (AvgIpc) is 3.82. The summed E-state index contributed by atoms with van der Waals surface area (Å²) in [7, 11) is 0. The van der Waals surface area contributed by atoms with Crippen LogP contribution in [0, 0.1) is 0 Å². The van der Waals surface area contributed by atoms with E-state index < -0.39 is 36.3 Å². The molecule has 0 aliphatic carbocycles. The fourth-order valence-electron chi connectivity index (χ4n) is 6.91. The summed E-state index contributed by atoms with van der Waals surface area (Å²) in [6, 6.07) is 36.4. The van der Waals surface area contributed by atoms with Gasteiger partial charge >= 0.3 is 0 Å². The lowest BCUT2D eigenvalue weighted by molar-refractivity contribution is 0.669. The van der Waals surface area contributed by atoms with Gasteiger partial charge in [0.15, 0.2) is 0 Å². The Bertz CT molecular complexity index is 3330. The maximum Gasteiger partial charge on any atom is 0.137 e. The van der Waals surface area contributed by atoms with Crippen molar-refractivity contribution in [2.75, 3.05) is 4.90 Å². The molecule has 10 rings (SSSR count). The van der Waals surface area contributed by atoms with Crippen LogP contribution in [0.2, 0.25) is 0 Å². The Hall–Kier alpha value is -6.58. The minimum absolute atomic E-state index is 0.0276. The number of aromatic nitrogens is 1. The zero-order valence-electron chi connectivity index (χ0n) is 34.9. The Morgan fingerprint density at radius 3 is 1.94 bits per heavy atom. The Kier molecular flexibility index (Phi) is 4.48. The Balaban J connectivity index is 1.42. The first-order chi connectivity index (χ1) is 28.1. The molecule has 2 heterocycles. The lowest BCUT2D eigenvalue weighted by Gasteiger charge is -2.27. The lowest BCUT2D eigenvalue weighted by atomic mass is 10.00. The van der Waals surface area contributed by atoms with Crippen molar-refractivity contribution < 1.29 is 16.8 Å². The quantitative estimate of drug-likeness (QED) is 0.188. The van der Waals surface area contributed by atoms with Crippen molar-refractivity contribution >= 4 is 71.6 Å². The van der Waals surface area contributed by atoms with Gasteiger partial charge in [0.2, 0.25) is 0 Å². The van der Waals surface area contributed by atoms with Gasteiger partial charge in [-0.05, 0) is 71.1 Å². The molecule has 0 spiro atoms. The number of hydrogen-bond acceptors (Lipinski definition) is 2. The van der Waals surface area contributed by atoms with Gasteiger partial charge in [0.05, 0.1) is 29.1 Å². The molecule has 8 aromatic carbocycles. The van der Waals surface area contributed by atoms with E-state index in [1.54, 1.807) is 33.7 Å². The van der Waals surface area contributed by atoms with Crippen LogP contribution in [0.4, 0.5) is 17.1 Å². The summed E-state index contributed by atoms with van der Waals surface area (Å²) in [4.78, 5) is 1.80. The van der Waals surface area contributed by atoms with E-state index in [1.165, 1.54) is 0 Å². The minimum Gasteiger partial charge on any atom is -0.456 e. The first-order valence-corrected chi connectivity index (χ1v) is 16.0. The van der Waals surface area contributed by atoms with Crippen LogP contribution in [0.25, 0.3) is 71.3 Å². The zero-order valence-corrected chi connectivity index (χ0v) is 25.9. The van der Waals surface area contributed by atoms with Crippen LogP contribution in [0.5, 0.6) is 0 Å². The topological polar surface area (TPSA) is 21.3 Å². The summed E-state index contributed by atoms with van der Waals surface area (Å²) in [5, 5.41) is 2.06. The van der Waals surface area contributed by atoms with Gasteiger partial charge in [-0.2, -0.15) is 0 Å². The predicted octanol–water partition coefficient (Wildman–Crippen LogP) is 13.0. The Labute approximate surface area is 296 Å². The van der Waals surface area contributed by atoms with Gasteiger partial charge in [0, 0.05) is 50.1 Å². The van der Waals surface area contributed by atoms with Crippen LogP contribution >= 0.6 is 0 Å². The first-order valence-electron chi connectivity index (χ1n) is 20.5. The van der Waals surface area contributed by atoms with Gasteiger partial charge in [-0.25, -0.2) is 0 Å². The largest absolute Gasteiger partial charge is 0.456 e. The summed E-state index contributed by atoms with van der Waals surface area (Å²) < 4.78 is 90.7. The number of furan rings is 1. The normalized spacial score (nSPS) is 14.2. The van der Waals surface area contributed by atoms with Crippen molar-refractivity contribution in [2.45, 2.75) is 0 Å². The molecule has 230 valence electrons. The number of para-hydroxylation sites is 3. The molecule has 2 aromatic heterocycles. The minimum atomic E-state index is -0.508. The van der Waals surface area contributed by atoms with Crippen LogP contribution in [-0.2, 0) is 0 Å². The molecule has 0 bridgehead atoms. The number of anilines is 3. The maximum atomic E-state index is 10.3. The van der Waals surface area contributed by atoms with E-state index in [0.29, 0.717) is 28.2 Å². The van der Waals surface area contributed by atoms with Gasteiger partial charge in [-0.3, -0.25) is 0 Å². The third-order valence-electron chi connectivity index (χ3n) is 9.10. The van der Waals surface area contributed by atoms with Crippen LogP contribution in [0.15, 0.2) is 186 Å². The highest BCUT2D eigenvalue weighted by molar-refractivity contribution is 6.24. The summed E-state index contributed by atoms with van der Waals surface area (Å²) in [5.74, 6) is 0. The summed E-state index contributed by atoms with van der Waals surface area (Å²) in [6.07, 6.45) is 0. The highest BCUT2D eigenvalue weighted by Gasteiger charge is 2.22. The third kappa shape index (κ3) is 4.37. The zero-order chi connectivity index (χ0) is 40.1. The monoisotopic (exact) mass is 635 g/mol. The second-order valence-electron chi connectivity index (χ2n) is 11.9. The Morgan fingerprint density at radius 2 is 1.12 bits per heavy atom. The molecule has 10 aromatic rings. The molecule has 0 saturated carbocycles. The molecule has 3 nitrogen and oxygen atoms in total. The fourth-order valence-corrected chi connectivity index (χ4v) is 6.91. The van der Waals surface area contributed by atoms with Crippen molar-refractivity contribution in [1.82, 2.24) is 4.57 Å². The second-order valence-corrected chi connectivity index (χ2v) is 11.9. The molecule has 0 atom stereocenters. The van der Waals surface area contributed by atoms with Gasteiger partial charge < -0.3 is 13.9 Å². The number of fused-ring (bicyclic) bond motifs is 8. The van der Waals surface area contributed by atoms with E-state index in [0.717, 1.165) is 21.9 Å². The SMILES string of the molecule is [2H]c1c([2H])c([2H])c2c(c1[2H])c(N(c1ccc(-c3ccccc3)cc1)c1ccc3c(c1)oc1ccccc13)c([2H])c1c2c2c([2H])c([2H])c([2H])c([2H])c2n1-c1ccccc1. The van der Waals surface area contributed by atoms with E-state index >= 15 is 0 Å². The van der Waals surface area contributed by atoms with E-state index in [2.05, 4.69) is 0 Å². The second kappa shape index (κ2) is 11.0. The molecule has 0 unspecified atom stereocenters. The van der Waals surface area contributed by atoms with Crippen molar-refractivity contribution in [3.05, 3.63) is 182 Å². The third-order valence-corrected chi connectivity index (χ3v) is 9.10. The van der Waals surface area contributed by atoms with E-state index in [4.69, 9.17) is 9.90 Å². The smallest absolute Gasteiger partial charge is 0.137 e.